The topological polar surface area (TPSA) is 12.0 Å². The van der Waals surface area contributed by atoms with Crippen LogP contribution in [-0.2, 0) is 0 Å². The van der Waals surface area contributed by atoms with Crippen LogP contribution in [-0.4, -0.2) is 6.54 Å². The Labute approximate surface area is 77.8 Å². The summed E-state index contributed by atoms with van der Waals surface area (Å²) in [4.78, 5) is 1.37. The van der Waals surface area contributed by atoms with Crippen LogP contribution in [0.15, 0.2) is 17.5 Å². The Bertz CT molecular complexity index is 245. The highest BCUT2D eigenvalue weighted by Crippen LogP contribution is 2.20. The summed E-state index contributed by atoms with van der Waals surface area (Å²) in [6.45, 7) is 2.81. The lowest BCUT2D eigenvalue weighted by molar-refractivity contribution is 0.564. The molecule has 1 rings (SSSR count). The molecule has 1 unspecified atom stereocenters. The molecular formula is C10H13NS. The van der Waals surface area contributed by atoms with Crippen molar-refractivity contribution >= 4 is 11.3 Å². The zero-order valence-corrected chi connectivity index (χ0v) is 8.03. The third-order valence-electron chi connectivity index (χ3n) is 1.75. The second kappa shape index (κ2) is 4.97. The minimum atomic E-state index is 0.432. The predicted octanol–water partition coefficient (Wildman–Crippen LogP) is 2.42. The van der Waals surface area contributed by atoms with Crippen molar-refractivity contribution < 1.29 is 0 Å². The molecule has 1 N–H and O–H groups in total. The van der Waals surface area contributed by atoms with Gasteiger partial charge in [-0.05, 0) is 17.9 Å². The van der Waals surface area contributed by atoms with Crippen molar-refractivity contribution in [3.05, 3.63) is 22.4 Å². The lowest BCUT2D eigenvalue weighted by Crippen LogP contribution is -2.19. The first kappa shape index (κ1) is 9.31. The summed E-state index contributed by atoms with van der Waals surface area (Å²) < 4.78 is 0. The molecule has 2 heteroatoms. The van der Waals surface area contributed by atoms with Crippen molar-refractivity contribution in [3.63, 3.8) is 0 Å². The van der Waals surface area contributed by atoms with Gasteiger partial charge in [-0.1, -0.05) is 18.9 Å². The van der Waals surface area contributed by atoms with Gasteiger partial charge in [0.15, 0.2) is 0 Å². The highest BCUT2D eigenvalue weighted by molar-refractivity contribution is 7.10. The first-order valence-electron chi connectivity index (χ1n) is 4.08. The van der Waals surface area contributed by atoms with Crippen molar-refractivity contribution in [2.75, 3.05) is 6.54 Å². The largest absolute Gasteiger partial charge is 0.299 e. The zero-order chi connectivity index (χ0) is 8.81. The van der Waals surface area contributed by atoms with Gasteiger partial charge in [0, 0.05) is 10.9 Å². The van der Waals surface area contributed by atoms with E-state index in [4.69, 9.17) is 6.42 Å². The van der Waals surface area contributed by atoms with E-state index >= 15 is 0 Å². The first-order valence-corrected chi connectivity index (χ1v) is 4.96. The van der Waals surface area contributed by atoms with Gasteiger partial charge in [-0.25, -0.2) is 0 Å². The number of thiophene rings is 1. The fourth-order valence-corrected chi connectivity index (χ4v) is 2.00. The molecule has 0 bridgehead atoms. The van der Waals surface area contributed by atoms with Gasteiger partial charge >= 0.3 is 0 Å². The van der Waals surface area contributed by atoms with Crippen molar-refractivity contribution in [2.24, 2.45) is 0 Å². The third kappa shape index (κ3) is 2.37. The van der Waals surface area contributed by atoms with Crippen LogP contribution in [0, 0.1) is 12.3 Å². The Morgan fingerprint density at radius 3 is 3.08 bits per heavy atom. The van der Waals surface area contributed by atoms with Gasteiger partial charge in [0.05, 0.1) is 6.54 Å². The molecular weight excluding hydrogens is 166 g/mol. The Balaban J connectivity index is 2.52. The van der Waals surface area contributed by atoms with Crippen molar-refractivity contribution in [2.45, 2.75) is 19.4 Å². The maximum Gasteiger partial charge on any atom is 0.0578 e. The second-order valence-corrected chi connectivity index (χ2v) is 3.54. The van der Waals surface area contributed by atoms with E-state index in [0.29, 0.717) is 12.6 Å². The Morgan fingerprint density at radius 2 is 2.58 bits per heavy atom. The Kier molecular flexibility index (Phi) is 3.86. The van der Waals surface area contributed by atoms with Crippen LogP contribution in [0.1, 0.15) is 24.3 Å². The van der Waals surface area contributed by atoms with Crippen LogP contribution < -0.4 is 5.32 Å². The molecule has 0 saturated carbocycles. The average Bonchev–Trinajstić information content (AvgIpc) is 2.59. The smallest absolute Gasteiger partial charge is 0.0578 e. The number of terminal acetylenes is 1. The predicted molar refractivity (Wildman–Crippen MR) is 54.2 cm³/mol. The molecule has 0 spiro atoms. The summed E-state index contributed by atoms with van der Waals surface area (Å²) in [5.74, 6) is 2.59. The van der Waals surface area contributed by atoms with Gasteiger partial charge in [-0.15, -0.1) is 17.8 Å². The monoisotopic (exact) mass is 179 g/mol. The molecule has 64 valence electrons. The number of hydrogen-bond acceptors (Lipinski definition) is 2. The standard InChI is InChI=1S/C10H13NS/c1-3-7-11-9(4-2)10-6-5-8-12-10/h1,5-6,8-9,11H,4,7H2,2H3. The van der Waals surface area contributed by atoms with E-state index in [0.717, 1.165) is 6.42 Å². The molecule has 12 heavy (non-hydrogen) atoms. The Hall–Kier alpha value is -0.780. The van der Waals surface area contributed by atoms with Crippen LogP contribution in [0.4, 0.5) is 0 Å². The minimum absolute atomic E-state index is 0.432. The molecule has 1 aromatic heterocycles. The number of nitrogens with one attached hydrogen (secondary N) is 1. The summed E-state index contributed by atoms with van der Waals surface area (Å²) in [5.41, 5.74) is 0. The van der Waals surface area contributed by atoms with Crippen LogP contribution in [0.25, 0.3) is 0 Å². The zero-order valence-electron chi connectivity index (χ0n) is 7.21. The van der Waals surface area contributed by atoms with E-state index < -0.39 is 0 Å². The summed E-state index contributed by atoms with van der Waals surface area (Å²) in [6.07, 6.45) is 6.26. The molecule has 0 saturated heterocycles. The quantitative estimate of drug-likeness (QED) is 0.700. The van der Waals surface area contributed by atoms with Crippen LogP contribution in [0.5, 0.6) is 0 Å². The number of rotatable bonds is 4. The van der Waals surface area contributed by atoms with Crippen molar-refractivity contribution in [3.8, 4) is 12.3 Å². The second-order valence-electron chi connectivity index (χ2n) is 2.56. The SMILES string of the molecule is C#CCNC(CC)c1cccs1. The summed E-state index contributed by atoms with van der Waals surface area (Å²) in [7, 11) is 0. The van der Waals surface area contributed by atoms with Gasteiger partial charge in [0.25, 0.3) is 0 Å². The molecule has 0 radical (unpaired) electrons. The summed E-state index contributed by atoms with van der Waals surface area (Å²) in [6, 6.07) is 4.64. The molecule has 1 nitrogen and oxygen atoms in total. The van der Waals surface area contributed by atoms with Gasteiger partial charge in [-0.3, -0.25) is 5.32 Å². The molecule has 0 aliphatic heterocycles. The Morgan fingerprint density at radius 1 is 1.75 bits per heavy atom. The first-order chi connectivity index (χ1) is 5.88. The molecule has 1 aromatic rings. The molecule has 0 amide bonds. The van der Waals surface area contributed by atoms with Gasteiger partial charge < -0.3 is 0 Å². The third-order valence-corrected chi connectivity index (χ3v) is 2.73. The lowest BCUT2D eigenvalue weighted by atomic mass is 10.2. The number of hydrogen-bond donors (Lipinski definition) is 1. The van der Waals surface area contributed by atoms with Crippen LogP contribution in [0.3, 0.4) is 0 Å². The van der Waals surface area contributed by atoms with Crippen LogP contribution >= 0.6 is 11.3 Å². The lowest BCUT2D eigenvalue weighted by Gasteiger charge is -2.12. The summed E-state index contributed by atoms with van der Waals surface area (Å²) >= 11 is 1.77. The van der Waals surface area contributed by atoms with Gasteiger partial charge in [0.2, 0.25) is 0 Å². The molecule has 1 atom stereocenters. The molecule has 0 aliphatic rings. The van der Waals surface area contributed by atoms with E-state index in [1.807, 2.05) is 0 Å². The summed E-state index contributed by atoms with van der Waals surface area (Å²) in [5, 5.41) is 5.39. The fourth-order valence-electron chi connectivity index (χ4n) is 1.12. The van der Waals surface area contributed by atoms with E-state index in [1.54, 1.807) is 11.3 Å². The van der Waals surface area contributed by atoms with Crippen molar-refractivity contribution in [1.82, 2.24) is 5.32 Å². The average molecular weight is 179 g/mol. The maximum absolute atomic E-state index is 5.18. The van der Waals surface area contributed by atoms with E-state index in [9.17, 15) is 0 Å². The highest BCUT2D eigenvalue weighted by Gasteiger charge is 2.07. The fraction of sp³-hybridized carbons (Fsp3) is 0.400. The normalized spacial score (nSPS) is 12.3. The van der Waals surface area contributed by atoms with Crippen LogP contribution in [0.2, 0.25) is 0 Å². The molecule has 0 aliphatic carbocycles. The van der Waals surface area contributed by atoms with E-state index in [2.05, 4.69) is 35.7 Å². The molecule has 0 aromatic carbocycles. The minimum Gasteiger partial charge on any atom is -0.299 e. The van der Waals surface area contributed by atoms with E-state index in [-0.39, 0.29) is 0 Å². The van der Waals surface area contributed by atoms with Gasteiger partial charge in [0.1, 0.15) is 0 Å². The van der Waals surface area contributed by atoms with E-state index in [1.165, 1.54) is 4.88 Å². The maximum atomic E-state index is 5.18. The highest BCUT2D eigenvalue weighted by atomic mass is 32.1. The van der Waals surface area contributed by atoms with Crippen molar-refractivity contribution in [1.29, 1.82) is 0 Å². The molecule has 0 fully saturated rings. The van der Waals surface area contributed by atoms with Gasteiger partial charge in [-0.2, -0.15) is 0 Å². The molecule has 1 heterocycles.